The fraction of sp³-hybridized carbons (Fsp3) is 0.750. The highest BCUT2D eigenvalue weighted by atomic mass is 16.7. The second kappa shape index (κ2) is 4.99. The Balaban J connectivity index is 3.52. The van der Waals surface area contributed by atoms with Crippen molar-refractivity contribution in [2.75, 3.05) is 0 Å². The van der Waals surface area contributed by atoms with Crippen LogP contribution in [0.1, 0.15) is 27.2 Å². The van der Waals surface area contributed by atoms with Gasteiger partial charge in [-0.25, -0.2) is 4.79 Å². The van der Waals surface area contributed by atoms with Gasteiger partial charge in [0.05, 0.1) is 0 Å². The predicted octanol–water partition coefficient (Wildman–Crippen LogP) is 2.16. The molecule has 0 aromatic carbocycles. The molecule has 0 spiro atoms. The molecule has 0 amide bonds. The molecule has 1 radical (unpaired) electrons. The van der Waals surface area contributed by atoms with Crippen LogP contribution >= 0.6 is 0 Å². The minimum Gasteiger partial charge on any atom is -0.431 e. The molecule has 0 aliphatic rings. The van der Waals surface area contributed by atoms with Gasteiger partial charge in [0.25, 0.3) is 0 Å². The molecule has 0 aromatic rings. The van der Waals surface area contributed by atoms with Crippen LogP contribution in [-0.2, 0) is 9.47 Å². The van der Waals surface area contributed by atoms with E-state index in [0.717, 1.165) is 6.42 Å². The van der Waals surface area contributed by atoms with Gasteiger partial charge in [-0.2, -0.15) is 0 Å². The van der Waals surface area contributed by atoms with E-state index in [1.807, 2.05) is 13.8 Å². The van der Waals surface area contributed by atoms with E-state index in [0.29, 0.717) is 0 Å². The second-order valence-corrected chi connectivity index (χ2v) is 2.52. The molecule has 0 heterocycles. The van der Waals surface area contributed by atoms with E-state index in [-0.39, 0.29) is 12.2 Å². The molecule has 0 fully saturated rings. The zero-order valence-electron chi connectivity index (χ0n) is 7.29. The van der Waals surface area contributed by atoms with E-state index >= 15 is 0 Å². The Kier molecular flexibility index (Phi) is 4.66. The molecule has 0 rings (SSSR count). The van der Waals surface area contributed by atoms with Crippen LogP contribution in [0.15, 0.2) is 0 Å². The Morgan fingerprint density at radius 3 is 2.36 bits per heavy atom. The molecule has 65 valence electrons. The smallest absolute Gasteiger partial charge is 0.431 e. The lowest BCUT2D eigenvalue weighted by molar-refractivity contribution is 0.0166. The van der Waals surface area contributed by atoms with Gasteiger partial charge in [-0.15, -0.1) is 0 Å². The summed E-state index contributed by atoms with van der Waals surface area (Å²) >= 11 is 0. The van der Waals surface area contributed by atoms with Gasteiger partial charge in [0.15, 0.2) is 0 Å². The van der Waals surface area contributed by atoms with Crippen LogP contribution in [0.25, 0.3) is 0 Å². The van der Waals surface area contributed by atoms with Crippen molar-refractivity contribution in [3.8, 4) is 0 Å². The Labute approximate surface area is 67.7 Å². The van der Waals surface area contributed by atoms with Gasteiger partial charge in [-0.05, 0) is 27.2 Å². The van der Waals surface area contributed by atoms with E-state index in [4.69, 9.17) is 4.74 Å². The largest absolute Gasteiger partial charge is 0.508 e. The summed E-state index contributed by atoms with van der Waals surface area (Å²) in [5.74, 6) is 0. The van der Waals surface area contributed by atoms with E-state index < -0.39 is 6.16 Å². The normalized spacial score (nSPS) is 12.8. The second-order valence-electron chi connectivity index (χ2n) is 2.52. The Morgan fingerprint density at radius 2 is 2.00 bits per heavy atom. The van der Waals surface area contributed by atoms with Gasteiger partial charge in [0.2, 0.25) is 0 Å². The molecule has 0 saturated heterocycles. The maximum Gasteiger partial charge on any atom is 0.508 e. The highest BCUT2D eigenvalue weighted by Crippen LogP contribution is 2.00. The van der Waals surface area contributed by atoms with Crippen molar-refractivity contribution in [3.05, 3.63) is 6.92 Å². The molecular weight excluding hydrogens is 144 g/mol. The molecule has 3 nitrogen and oxygen atoms in total. The first-order valence-electron chi connectivity index (χ1n) is 3.76. The molecule has 0 aliphatic heterocycles. The number of hydrogen-bond acceptors (Lipinski definition) is 3. The van der Waals surface area contributed by atoms with Crippen molar-refractivity contribution >= 4 is 6.16 Å². The maximum atomic E-state index is 10.7. The highest BCUT2D eigenvalue weighted by molar-refractivity contribution is 5.60. The summed E-state index contributed by atoms with van der Waals surface area (Å²) in [6.45, 7) is 8.92. The van der Waals surface area contributed by atoms with Crippen LogP contribution in [0.4, 0.5) is 4.79 Å². The Morgan fingerprint density at radius 1 is 1.45 bits per heavy atom. The zero-order valence-corrected chi connectivity index (χ0v) is 7.29. The standard InChI is InChI=1S/C8H15O3/c1-5-7(4)11-8(9)10-6(2)3/h6-7H,2,5H2,1,3-4H3/t6-,7?/m0/s1. The molecule has 0 aliphatic carbocycles. The van der Waals surface area contributed by atoms with Crippen LogP contribution in [0.5, 0.6) is 0 Å². The van der Waals surface area contributed by atoms with Crippen molar-refractivity contribution in [3.63, 3.8) is 0 Å². The van der Waals surface area contributed by atoms with Crippen LogP contribution < -0.4 is 0 Å². The Hall–Kier alpha value is -0.730. The predicted molar refractivity (Wildman–Crippen MR) is 42.1 cm³/mol. The number of hydrogen-bond donors (Lipinski definition) is 0. The third-order valence-electron chi connectivity index (χ3n) is 1.17. The molecular formula is C8H15O3. The summed E-state index contributed by atoms with van der Waals surface area (Å²) in [4.78, 5) is 10.7. The Bertz CT molecular complexity index is 121. The third kappa shape index (κ3) is 5.70. The van der Waals surface area contributed by atoms with Gasteiger partial charge >= 0.3 is 6.16 Å². The first kappa shape index (κ1) is 10.3. The number of rotatable bonds is 3. The van der Waals surface area contributed by atoms with E-state index in [9.17, 15) is 4.79 Å². The molecule has 0 N–H and O–H groups in total. The fourth-order valence-electron chi connectivity index (χ4n) is 0.440. The lowest BCUT2D eigenvalue weighted by Crippen LogP contribution is -2.18. The van der Waals surface area contributed by atoms with Crippen molar-refractivity contribution in [1.29, 1.82) is 0 Å². The van der Waals surface area contributed by atoms with Gasteiger partial charge in [-0.3, -0.25) is 0 Å². The maximum absolute atomic E-state index is 10.7. The van der Waals surface area contributed by atoms with Crippen molar-refractivity contribution in [2.45, 2.75) is 39.4 Å². The van der Waals surface area contributed by atoms with E-state index in [1.165, 1.54) is 0 Å². The molecule has 0 saturated carbocycles. The van der Waals surface area contributed by atoms with Crippen molar-refractivity contribution < 1.29 is 14.3 Å². The van der Waals surface area contributed by atoms with E-state index in [2.05, 4.69) is 11.7 Å². The quantitative estimate of drug-likeness (QED) is 0.592. The van der Waals surface area contributed by atoms with Crippen LogP contribution in [0.3, 0.4) is 0 Å². The van der Waals surface area contributed by atoms with Crippen LogP contribution in [-0.4, -0.2) is 18.4 Å². The number of carbonyl (C=O) groups excluding carboxylic acids is 1. The lowest BCUT2D eigenvalue weighted by Gasteiger charge is -2.12. The minimum atomic E-state index is -0.637. The molecule has 2 atom stereocenters. The van der Waals surface area contributed by atoms with Crippen molar-refractivity contribution in [2.24, 2.45) is 0 Å². The summed E-state index contributed by atoms with van der Waals surface area (Å²) in [6.07, 6.45) is -0.282. The summed E-state index contributed by atoms with van der Waals surface area (Å²) in [5.41, 5.74) is 0. The first-order chi connectivity index (χ1) is 5.06. The van der Waals surface area contributed by atoms with Gasteiger partial charge in [0.1, 0.15) is 12.2 Å². The molecule has 0 aromatic heterocycles. The van der Waals surface area contributed by atoms with Crippen LogP contribution in [0.2, 0.25) is 0 Å². The molecule has 3 heteroatoms. The minimum absolute atomic E-state index is 0.0822. The average molecular weight is 159 g/mol. The fourth-order valence-corrected chi connectivity index (χ4v) is 0.440. The summed E-state index contributed by atoms with van der Waals surface area (Å²) in [7, 11) is 0. The van der Waals surface area contributed by atoms with Gasteiger partial charge < -0.3 is 9.47 Å². The van der Waals surface area contributed by atoms with E-state index in [1.54, 1.807) is 6.92 Å². The summed E-state index contributed by atoms with van der Waals surface area (Å²) in [6, 6.07) is 0. The third-order valence-corrected chi connectivity index (χ3v) is 1.17. The molecule has 11 heavy (non-hydrogen) atoms. The van der Waals surface area contributed by atoms with Crippen molar-refractivity contribution in [1.82, 2.24) is 0 Å². The number of carbonyl (C=O) groups is 1. The SMILES string of the molecule is [CH2][C@@H](C)OC(=O)OC(C)CC. The lowest BCUT2D eigenvalue weighted by atomic mass is 10.3. The highest BCUT2D eigenvalue weighted by Gasteiger charge is 2.09. The molecule has 0 bridgehead atoms. The van der Waals surface area contributed by atoms with Gasteiger partial charge in [-0.1, -0.05) is 6.92 Å². The zero-order chi connectivity index (χ0) is 8.85. The molecule has 1 unspecified atom stereocenters. The van der Waals surface area contributed by atoms with Gasteiger partial charge in [0, 0.05) is 0 Å². The first-order valence-corrected chi connectivity index (χ1v) is 3.76. The average Bonchev–Trinajstić information content (AvgIpc) is 1.85. The number of ether oxygens (including phenoxy) is 2. The topological polar surface area (TPSA) is 35.5 Å². The summed E-state index contributed by atoms with van der Waals surface area (Å²) in [5, 5.41) is 0. The monoisotopic (exact) mass is 159 g/mol. The van der Waals surface area contributed by atoms with Crippen LogP contribution in [0, 0.1) is 6.92 Å². The summed E-state index contributed by atoms with van der Waals surface area (Å²) < 4.78 is 9.46.